The molecule has 4 rings (SSSR count). The average Bonchev–Trinajstić information content (AvgIpc) is 3.18. The fraction of sp³-hybridized carbons (Fsp3) is 0.875. The van der Waals surface area contributed by atoms with E-state index in [1.807, 2.05) is 6.92 Å². The number of fused-ring (bicyclic) bond motifs is 1. The van der Waals surface area contributed by atoms with Crippen molar-refractivity contribution in [1.82, 2.24) is 30.4 Å². The fourth-order valence-electron chi connectivity index (χ4n) is 4.44. The number of amides is 1. The lowest BCUT2D eigenvalue weighted by molar-refractivity contribution is -0.130. The molecule has 4 unspecified atom stereocenters. The van der Waals surface area contributed by atoms with Gasteiger partial charge < -0.3 is 10.1 Å². The van der Waals surface area contributed by atoms with Crippen molar-refractivity contribution < 1.29 is 9.53 Å². The van der Waals surface area contributed by atoms with Crippen molar-refractivity contribution >= 4 is 5.91 Å². The normalized spacial score (nSPS) is 33.0. The fourth-order valence-corrected chi connectivity index (χ4v) is 4.44. The first kappa shape index (κ1) is 16.0. The van der Waals surface area contributed by atoms with Gasteiger partial charge >= 0.3 is 0 Å². The van der Waals surface area contributed by atoms with Crippen molar-refractivity contribution in [3.05, 3.63) is 5.82 Å². The van der Waals surface area contributed by atoms with E-state index in [-0.39, 0.29) is 11.9 Å². The van der Waals surface area contributed by atoms with Crippen molar-refractivity contribution in [2.45, 2.75) is 63.8 Å². The van der Waals surface area contributed by atoms with Crippen LogP contribution in [0.2, 0.25) is 0 Å². The van der Waals surface area contributed by atoms with Crippen LogP contribution in [-0.4, -0.2) is 68.9 Å². The number of nitrogens with zero attached hydrogens (tertiary/aromatic N) is 5. The molecule has 2 saturated heterocycles. The second kappa shape index (κ2) is 6.76. The molecule has 0 radical (unpaired) electrons. The maximum Gasteiger partial charge on any atom is 0.222 e. The topological polar surface area (TPSA) is 85.2 Å². The van der Waals surface area contributed by atoms with Crippen LogP contribution in [0.25, 0.3) is 0 Å². The summed E-state index contributed by atoms with van der Waals surface area (Å²) in [5.41, 5.74) is 0. The number of ether oxygens (including phenoxy) is 1. The molecule has 2 aliphatic heterocycles. The molecule has 8 heteroatoms. The van der Waals surface area contributed by atoms with Gasteiger partial charge in [0.1, 0.15) is 5.82 Å². The summed E-state index contributed by atoms with van der Waals surface area (Å²) in [4.78, 5) is 15.0. The maximum absolute atomic E-state index is 12.4. The summed E-state index contributed by atoms with van der Waals surface area (Å²) in [6.45, 7) is 5.46. The van der Waals surface area contributed by atoms with Crippen LogP contribution >= 0.6 is 0 Å². The zero-order valence-electron chi connectivity index (χ0n) is 14.2. The Balaban J connectivity index is 1.35. The van der Waals surface area contributed by atoms with Crippen LogP contribution in [0, 0.1) is 12.8 Å². The van der Waals surface area contributed by atoms with Gasteiger partial charge in [-0.05, 0) is 49.7 Å². The van der Waals surface area contributed by atoms with Gasteiger partial charge in [-0.1, -0.05) is 6.42 Å². The van der Waals surface area contributed by atoms with Gasteiger partial charge in [-0.2, -0.15) is 0 Å². The Morgan fingerprint density at radius 2 is 2.17 bits per heavy atom. The predicted octanol–water partition coefficient (Wildman–Crippen LogP) is 0.130. The largest absolute Gasteiger partial charge is 0.376 e. The molecule has 132 valence electrons. The zero-order valence-corrected chi connectivity index (χ0v) is 14.2. The number of hydrogen-bond donors (Lipinski definition) is 1. The second-order valence-electron chi connectivity index (χ2n) is 7.17. The summed E-state index contributed by atoms with van der Waals surface area (Å²) >= 11 is 0. The molecule has 0 aromatic carbocycles. The summed E-state index contributed by atoms with van der Waals surface area (Å²) in [6, 6.07) is 0.592. The van der Waals surface area contributed by atoms with E-state index in [9.17, 15) is 4.79 Å². The SMILES string of the molecule is Cc1nnnn1CCC(=O)NC1C2CCOC2C1N1CCCCC1. The summed E-state index contributed by atoms with van der Waals surface area (Å²) < 4.78 is 7.61. The number of carbonyl (C=O) groups is 1. The van der Waals surface area contributed by atoms with Crippen LogP contribution in [0.1, 0.15) is 37.9 Å². The van der Waals surface area contributed by atoms with Crippen molar-refractivity contribution in [3.8, 4) is 0 Å². The van der Waals surface area contributed by atoms with E-state index in [0.717, 1.165) is 31.9 Å². The minimum atomic E-state index is 0.0854. The Morgan fingerprint density at radius 3 is 2.92 bits per heavy atom. The van der Waals surface area contributed by atoms with E-state index in [1.165, 1.54) is 19.3 Å². The molecule has 0 bridgehead atoms. The second-order valence-corrected chi connectivity index (χ2v) is 7.17. The number of tetrazole rings is 1. The third kappa shape index (κ3) is 2.93. The summed E-state index contributed by atoms with van der Waals surface area (Å²) in [5, 5.41) is 14.6. The van der Waals surface area contributed by atoms with Gasteiger partial charge in [-0.25, -0.2) is 4.68 Å². The van der Waals surface area contributed by atoms with Gasteiger partial charge in [0.25, 0.3) is 0 Å². The first-order chi connectivity index (χ1) is 11.7. The van der Waals surface area contributed by atoms with Crippen molar-refractivity contribution in [2.75, 3.05) is 19.7 Å². The Labute approximate surface area is 141 Å². The van der Waals surface area contributed by atoms with Crippen molar-refractivity contribution in [1.29, 1.82) is 0 Å². The third-order valence-electron chi connectivity index (χ3n) is 5.75. The molecule has 8 nitrogen and oxygen atoms in total. The summed E-state index contributed by atoms with van der Waals surface area (Å²) in [5.74, 6) is 1.31. The van der Waals surface area contributed by atoms with Gasteiger partial charge in [0.2, 0.25) is 5.91 Å². The maximum atomic E-state index is 12.4. The molecule has 24 heavy (non-hydrogen) atoms. The number of carbonyl (C=O) groups excluding carboxylic acids is 1. The Kier molecular flexibility index (Phi) is 4.49. The summed E-state index contributed by atoms with van der Waals surface area (Å²) in [7, 11) is 0. The molecule has 1 amide bonds. The van der Waals surface area contributed by atoms with E-state index in [4.69, 9.17) is 4.74 Å². The quantitative estimate of drug-likeness (QED) is 0.824. The molecule has 1 aromatic rings. The molecule has 3 heterocycles. The monoisotopic (exact) mass is 334 g/mol. The number of nitrogens with one attached hydrogen (secondary N) is 1. The molecular formula is C16H26N6O2. The minimum Gasteiger partial charge on any atom is -0.376 e. The van der Waals surface area contributed by atoms with Crippen LogP contribution in [0.5, 0.6) is 0 Å². The van der Waals surface area contributed by atoms with Crippen molar-refractivity contribution in [3.63, 3.8) is 0 Å². The number of aryl methyl sites for hydroxylation is 2. The number of hydrogen-bond acceptors (Lipinski definition) is 6. The van der Waals surface area contributed by atoms with Crippen molar-refractivity contribution in [2.24, 2.45) is 5.92 Å². The Bertz CT molecular complexity index is 585. The molecule has 1 aromatic heterocycles. The van der Waals surface area contributed by atoms with Gasteiger partial charge in [0.05, 0.1) is 24.7 Å². The third-order valence-corrected chi connectivity index (χ3v) is 5.75. The number of likely N-dealkylation sites (tertiary alicyclic amines) is 1. The molecule has 0 spiro atoms. The number of piperidine rings is 1. The number of rotatable bonds is 5. The van der Waals surface area contributed by atoms with Crippen LogP contribution in [0.3, 0.4) is 0 Å². The Morgan fingerprint density at radius 1 is 1.33 bits per heavy atom. The van der Waals surface area contributed by atoms with E-state index in [1.54, 1.807) is 4.68 Å². The highest BCUT2D eigenvalue weighted by Gasteiger charge is 2.56. The average molecular weight is 334 g/mol. The highest BCUT2D eigenvalue weighted by molar-refractivity contribution is 5.76. The van der Waals surface area contributed by atoms with Gasteiger partial charge in [0, 0.05) is 18.9 Å². The lowest BCUT2D eigenvalue weighted by Gasteiger charge is -2.53. The first-order valence-electron chi connectivity index (χ1n) is 9.12. The standard InChI is InChI=1S/C16H26N6O2/c1-11-18-19-20-22(11)9-5-13(23)17-14-12-6-10-24-16(12)15(14)21-7-3-2-4-8-21/h12,14-16H,2-10H2,1H3,(H,17,23). The van der Waals surface area contributed by atoms with Gasteiger partial charge in [0.15, 0.2) is 0 Å². The predicted molar refractivity (Wildman–Crippen MR) is 86.2 cm³/mol. The molecule has 3 aliphatic rings. The molecule has 3 fully saturated rings. The molecule has 1 N–H and O–H groups in total. The Hall–Kier alpha value is -1.54. The summed E-state index contributed by atoms with van der Waals surface area (Å²) in [6.07, 6.45) is 5.62. The molecule has 4 atom stereocenters. The molecule has 1 aliphatic carbocycles. The zero-order chi connectivity index (χ0) is 16.5. The lowest BCUT2D eigenvalue weighted by Crippen LogP contribution is -2.71. The highest BCUT2D eigenvalue weighted by atomic mass is 16.5. The van der Waals surface area contributed by atoms with Gasteiger partial charge in [-0.3, -0.25) is 9.69 Å². The smallest absolute Gasteiger partial charge is 0.222 e. The minimum absolute atomic E-state index is 0.0854. The lowest BCUT2D eigenvalue weighted by atomic mass is 9.70. The van der Waals surface area contributed by atoms with E-state index >= 15 is 0 Å². The van der Waals surface area contributed by atoms with Gasteiger partial charge in [-0.15, -0.1) is 5.10 Å². The number of aromatic nitrogens is 4. The van der Waals surface area contributed by atoms with Crippen LogP contribution < -0.4 is 5.32 Å². The van der Waals surface area contributed by atoms with Crippen LogP contribution in [0.15, 0.2) is 0 Å². The van der Waals surface area contributed by atoms with Crippen LogP contribution in [0.4, 0.5) is 0 Å². The highest BCUT2D eigenvalue weighted by Crippen LogP contribution is 2.42. The molecular weight excluding hydrogens is 308 g/mol. The molecule has 1 saturated carbocycles. The van der Waals surface area contributed by atoms with E-state index in [0.29, 0.717) is 31.0 Å². The van der Waals surface area contributed by atoms with Crippen LogP contribution in [-0.2, 0) is 16.1 Å². The van der Waals surface area contributed by atoms with E-state index < -0.39 is 0 Å². The first-order valence-corrected chi connectivity index (χ1v) is 9.12. The van der Waals surface area contributed by atoms with E-state index in [2.05, 4.69) is 25.7 Å².